The molecule has 7 heteroatoms. The van der Waals surface area contributed by atoms with Crippen molar-refractivity contribution in [1.29, 1.82) is 0 Å². The molecule has 170 valence electrons. The van der Waals surface area contributed by atoms with Crippen LogP contribution in [0.25, 0.3) is 0 Å². The fraction of sp³-hybridized carbons (Fsp3) is 0.864. The van der Waals surface area contributed by atoms with Crippen LogP contribution in [0.2, 0.25) is 0 Å². The average molecular weight is 416 g/mol. The van der Waals surface area contributed by atoms with Gasteiger partial charge in [-0.05, 0) is 40.0 Å². The largest absolute Gasteiger partial charge is 0.481 e. The molecule has 0 bridgehead atoms. The summed E-state index contributed by atoms with van der Waals surface area (Å²) in [5, 5.41) is 9.85. The molecule has 7 nitrogen and oxygen atoms in total. The van der Waals surface area contributed by atoms with Crippen molar-refractivity contribution in [1.82, 2.24) is 4.90 Å². The van der Waals surface area contributed by atoms with E-state index in [2.05, 4.69) is 6.92 Å². The van der Waals surface area contributed by atoms with Gasteiger partial charge in [0.25, 0.3) is 0 Å². The van der Waals surface area contributed by atoms with Crippen LogP contribution in [0.5, 0.6) is 0 Å². The highest BCUT2D eigenvalue weighted by atomic mass is 16.6. The van der Waals surface area contributed by atoms with Crippen molar-refractivity contribution >= 4 is 17.8 Å². The van der Waals surface area contributed by atoms with E-state index in [1.165, 1.54) is 6.92 Å². The summed E-state index contributed by atoms with van der Waals surface area (Å²) in [6.07, 6.45) is 3.93. The Morgan fingerprint density at radius 2 is 1.62 bits per heavy atom. The van der Waals surface area contributed by atoms with Gasteiger partial charge in [-0.25, -0.2) is 0 Å². The fourth-order valence-electron chi connectivity index (χ4n) is 3.38. The molecule has 0 aliphatic carbocycles. The second-order valence-electron chi connectivity index (χ2n) is 8.58. The molecule has 0 saturated heterocycles. The first-order valence-electron chi connectivity index (χ1n) is 10.7. The van der Waals surface area contributed by atoms with Crippen LogP contribution in [0, 0.1) is 17.8 Å². The Morgan fingerprint density at radius 1 is 1.03 bits per heavy atom. The maximum absolute atomic E-state index is 13.3. The molecule has 1 amide bonds. The molecule has 0 radical (unpaired) electrons. The summed E-state index contributed by atoms with van der Waals surface area (Å²) < 4.78 is 10.5. The maximum Gasteiger partial charge on any atom is 0.310 e. The van der Waals surface area contributed by atoms with E-state index in [0.29, 0.717) is 32.5 Å². The minimum Gasteiger partial charge on any atom is -0.481 e. The lowest BCUT2D eigenvalue weighted by molar-refractivity contribution is -0.169. The van der Waals surface area contributed by atoms with E-state index in [1.807, 2.05) is 0 Å². The molecule has 0 rings (SSSR count). The van der Waals surface area contributed by atoms with Gasteiger partial charge < -0.3 is 19.5 Å². The molecule has 29 heavy (non-hydrogen) atoms. The predicted molar refractivity (Wildman–Crippen MR) is 113 cm³/mol. The Kier molecular flexibility index (Phi) is 12.8. The molecule has 0 aliphatic rings. The summed E-state index contributed by atoms with van der Waals surface area (Å²) in [7, 11) is 1.61. The van der Waals surface area contributed by atoms with Crippen molar-refractivity contribution in [2.24, 2.45) is 17.8 Å². The normalized spacial score (nSPS) is 14.7. The van der Waals surface area contributed by atoms with Crippen LogP contribution in [0.15, 0.2) is 0 Å². The number of amides is 1. The van der Waals surface area contributed by atoms with E-state index >= 15 is 0 Å². The molecule has 3 atom stereocenters. The lowest BCUT2D eigenvalue weighted by Gasteiger charge is -2.32. The Hall–Kier alpha value is -1.63. The summed E-state index contributed by atoms with van der Waals surface area (Å²) >= 11 is 0. The highest BCUT2D eigenvalue weighted by molar-refractivity contribution is 5.88. The zero-order valence-electron chi connectivity index (χ0n) is 19.3. The standard InChI is InChI=1S/C22H41NO6/c1-8-10-11-13-23(14-12-15-28-7)19(24)17(9-2)18(20(25)26)16(3)21(27)29-22(4,5)6/h16-18H,8-15H2,1-7H3,(H,25,26). The van der Waals surface area contributed by atoms with Gasteiger partial charge in [0, 0.05) is 26.8 Å². The van der Waals surface area contributed by atoms with Gasteiger partial charge in [-0.15, -0.1) is 0 Å². The van der Waals surface area contributed by atoms with Crippen LogP contribution < -0.4 is 0 Å². The average Bonchev–Trinajstić information content (AvgIpc) is 2.62. The van der Waals surface area contributed by atoms with Crippen molar-refractivity contribution in [3.63, 3.8) is 0 Å². The van der Waals surface area contributed by atoms with Crippen molar-refractivity contribution in [2.75, 3.05) is 26.8 Å². The number of methoxy groups -OCH3 is 1. The number of carboxylic acids is 1. The molecule has 0 saturated carbocycles. The number of carbonyl (C=O) groups excluding carboxylic acids is 2. The first-order chi connectivity index (χ1) is 13.5. The first kappa shape index (κ1) is 27.4. The van der Waals surface area contributed by atoms with Gasteiger partial charge in [0.2, 0.25) is 5.91 Å². The molecule has 0 fully saturated rings. The number of esters is 1. The van der Waals surface area contributed by atoms with E-state index in [0.717, 1.165) is 19.3 Å². The Bertz CT molecular complexity index is 504. The van der Waals surface area contributed by atoms with Crippen molar-refractivity contribution in [2.45, 2.75) is 79.2 Å². The first-order valence-corrected chi connectivity index (χ1v) is 10.7. The van der Waals surface area contributed by atoms with E-state index in [1.54, 1.807) is 39.7 Å². The zero-order chi connectivity index (χ0) is 22.6. The van der Waals surface area contributed by atoms with Gasteiger partial charge in [-0.1, -0.05) is 33.6 Å². The number of nitrogens with zero attached hydrogens (tertiary/aromatic N) is 1. The highest BCUT2D eigenvalue weighted by Crippen LogP contribution is 2.29. The third-order valence-corrected chi connectivity index (χ3v) is 4.91. The summed E-state index contributed by atoms with van der Waals surface area (Å²) in [6.45, 7) is 12.3. The highest BCUT2D eigenvalue weighted by Gasteiger charge is 2.42. The quantitative estimate of drug-likeness (QED) is 0.343. The molecule has 0 aliphatic heterocycles. The van der Waals surface area contributed by atoms with Gasteiger partial charge in [-0.2, -0.15) is 0 Å². The van der Waals surface area contributed by atoms with Crippen molar-refractivity contribution < 1.29 is 29.0 Å². The summed E-state index contributed by atoms with van der Waals surface area (Å²) in [5.41, 5.74) is -0.716. The molecule has 1 N–H and O–H groups in total. The van der Waals surface area contributed by atoms with E-state index in [9.17, 15) is 19.5 Å². The predicted octanol–water partition coefficient (Wildman–Crippen LogP) is 3.75. The van der Waals surface area contributed by atoms with Crippen molar-refractivity contribution in [3.05, 3.63) is 0 Å². The number of carboxylic acid groups (broad SMARTS) is 1. The van der Waals surface area contributed by atoms with Gasteiger partial charge in [0.15, 0.2) is 0 Å². The van der Waals surface area contributed by atoms with Crippen LogP contribution in [-0.2, 0) is 23.9 Å². The topological polar surface area (TPSA) is 93.1 Å². The number of rotatable bonds is 14. The molecule has 0 aromatic rings. The van der Waals surface area contributed by atoms with Gasteiger partial charge in [0.1, 0.15) is 5.60 Å². The van der Waals surface area contributed by atoms with Crippen LogP contribution in [-0.4, -0.2) is 60.3 Å². The number of ether oxygens (including phenoxy) is 2. The number of aliphatic carboxylic acids is 1. The Balaban J connectivity index is 5.54. The molecule has 0 heterocycles. The third kappa shape index (κ3) is 10.1. The third-order valence-electron chi connectivity index (χ3n) is 4.91. The van der Waals surface area contributed by atoms with E-state index in [4.69, 9.17) is 9.47 Å². The van der Waals surface area contributed by atoms with E-state index in [-0.39, 0.29) is 5.91 Å². The van der Waals surface area contributed by atoms with Crippen LogP contribution in [0.4, 0.5) is 0 Å². The second-order valence-corrected chi connectivity index (χ2v) is 8.58. The van der Waals surface area contributed by atoms with Crippen molar-refractivity contribution in [3.8, 4) is 0 Å². The zero-order valence-corrected chi connectivity index (χ0v) is 19.3. The number of unbranched alkanes of at least 4 members (excludes halogenated alkanes) is 2. The van der Waals surface area contributed by atoms with Gasteiger partial charge in [0.05, 0.1) is 17.8 Å². The minimum absolute atomic E-state index is 0.206. The Morgan fingerprint density at radius 3 is 2.07 bits per heavy atom. The number of hydrogen-bond donors (Lipinski definition) is 1. The lowest BCUT2D eigenvalue weighted by Crippen LogP contribution is -2.46. The SMILES string of the molecule is CCCCCN(CCCOC)C(=O)C(CC)C(C(=O)O)C(C)C(=O)OC(C)(C)C. The van der Waals surface area contributed by atoms with Crippen LogP contribution in [0.1, 0.15) is 73.6 Å². The Labute approximate surface area is 176 Å². The fourth-order valence-corrected chi connectivity index (χ4v) is 3.38. The maximum atomic E-state index is 13.3. The number of carbonyl (C=O) groups is 3. The van der Waals surface area contributed by atoms with Crippen LogP contribution >= 0.6 is 0 Å². The minimum atomic E-state index is -1.14. The van der Waals surface area contributed by atoms with E-state index < -0.39 is 35.3 Å². The summed E-state index contributed by atoms with van der Waals surface area (Å²) in [5.74, 6) is -4.76. The van der Waals surface area contributed by atoms with Gasteiger partial charge in [-0.3, -0.25) is 14.4 Å². The monoisotopic (exact) mass is 415 g/mol. The lowest BCUT2D eigenvalue weighted by atomic mass is 9.79. The smallest absolute Gasteiger partial charge is 0.310 e. The second kappa shape index (κ2) is 13.6. The molecule has 0 aromatic carbocycles. The number of hydrogen-bond acceptors (Lipinski definition) is 5. The molecular formula is C22H41NO6. The summed E-state index contributed by atoms with van der Waals surface area (Å²) in [6, 6.07) is 0. The molecule has 3 unspecified atom stereocenters. The summed E-state index contributed by atoms with van der Waals surface area (Å²) in [4.78, 5) is 39.6. The van der Waals surface area contributed by atoms with Gasteiger partial charge >= 0.3 is 11.9 Å². The molecule has 0 spiro atoms. The molecular weight excluding hydrogens is 374 g/mol. The molecule has 0 aromatic heterocycles. The van der Waals surface area contributed by atoms with Crippen LogP contribution in [0.3, 0.4) is 0 Å².